The van der Waals surface area contributed by atoms with Crippen molar-refractivity contribution in [1.29, 1.82) is 0 Å². The van der Waals surface area contributed by atoms with Crippen molar-refractivity contribution in [3.63, 3.8) is 0 Å². The van der Waals surface area contributed by atoms with Crippen LogP contribution in [0.2, 0.25) is 0 Å². The molecule has 1 heterocycles. The number of nitrogens with one attached hydrogen (secondary N) is 1. The van der Waals surface area contributed by atoms with Gasteiger partial charge in [-0.15, -0.1) is 0 Å². The van der Waals surface area contributed by atoms with Gasteiger partial charge in [0, 0.05) is 11.3 Å². The van der Waals surface area contributed by atoms with Gasteiger partial charge < -0.3 is 14.5 Å². The van der Waals surface area contributed by atoms with Crippen LogP contribution < -0.4 is 10.1 Å². The monoisotopic (exact) mass is 349 g/mol. The highest BCUT2D eigenvalue weighted by molar-refractivity contribution is 6.08. The summed E-state index contributed by atoms with van der Waals surface area (Å²) in [6, 6.07) is 15.4. The second-order valence-electron chi connectivity index (χ2n) is 5.96. The SMILES string of the molecule is COc1c(C)cc(NC(=O)c2ccc(C(=O)c3ccccc3)o2)cc1C. The Morgan fingerprint density at radius 3 is 2.15 bits per heavy atom. The molecular weight excluding hydrogens is 330 g/mol. The molecule has 0 saturated heterocycles. The summed E-state index contributed by atoms with van der Waals surface area (Å²) in [6.07, 6.45) is 0. The van der Waals surface area contributed by atoms with E-state index in [9.17, 15) is 9.59 Å². The molecule has 3 rings (SSSR count). The molecule has 5 nitrogen and oxygen atoms in total. The van der Waals surface area contributed by atoms with Crippen LogP contribution >= 0.6 is 0 Å². The largest absolute Gasteiger partial charge is 0.496 e. The van der Waals surface area contributed by atoms with Gasteiger partial charge in [-0.3, -0.25) is 9.59 Å². The first kappa shape index (κ1) is 17.5. The predicted molar refractivity (Wildman–Crippen MR) is 99.0 cm³/mol. The van der Waals surface area contributed by atoms with E-state index in [4.69, 9.17) is 9.15 Å². The Labute approximate surface area is 151 Å². The summed E-state index contributed by atoms with van der Waals surface area (Å²) < 4.78 is 10.8. The third-order valence-electron chi connectivity index (χ3n) is 4.01. The van der Waals surface area contributed by atoms with Crippen molar-refractivity contribution in [2.45, 2.75) is 13.8 Å². The highest BCUT2D eigenvalue weighted by Gasteiger charge is 2.17. The Kier molecular flexibility index (Phi) is 4.89. The van der Waals surface area contributed by atoms with Gasteiger partial charge in [0.05, 0.1) is 7.11 Å². The van der Waals surface area contributed by atoms with Crippen LogP contribution in [0.1, 0.15) is 37.8 Å². The van der Waals surface area contributed by atoms with E-state index in [0.29, 0.717) is 11.3 Å². The van der Waals surface area contributed by atoms with Crippen LogP contribution in [0.5, 0.6) is 5.75 Å². The van der Waals surface area contributed by atoms with Gasteiger partial charge in [0.25, 0.3) is 5.91 Å². The van der Waals surface area contributed by atoms with Crippen molar-refractivity contribution < 1.29 is 18.7 Å². The Morgan fingerprint density at radius 1 is 0.923 bits per heavy atom. The molecule has 0 aliphatic rings. The number of hydrogen-bond acceptors (Lipinski definition) is 4. The molecule has 1 amide bonds. The minimum absolute atomic E-state index is 0.0791. The first-order valence-corrected chi connectivity index (χ1v) is 8.15. The van der Waals surface area contributed by atoms with Crippen LogP contribution in [0.4, 0.5) is 5.69 Å². The van der Waals surface area contributed by atoms with Crippen molar-refractivity contribution in [3.05, 3.63) is 82.8 Å². The number of benzene rings is 2. The number of methoxy groups -OCH3 is 1. The summed E-state index contributed by atoms with van der Waals surface area (Å²) in [7, 11) is 1.61. The fourth-order valence-electron chi connectivity index (χ4n) is 2.85. The maximum Gasteiger partial charge on any atom is 0.291 e. The van der Waals surface area contributed by atoms with E-state index >= 15 is 0 Å². The van der Waals surface area contributed by atoms with Crippen molar-refractivity contribution in [2.75, 3.05) is 12.4 Å². The molecule has 0 atom stereocenters. The summed E-state index contributed by atoms with van der Waals surface area (Å²) >= 11 is 0. The zero-order chi connectivity index (χ0) is 18.7. The van der Waals surface area contributed by atoms with Crippen LogP contribution in [-0.2, 0) is 0 Å². The minimum atomic E-state index is -0.416. The molecule has 0 aliphatic heterocycles. The number of anilines is 1. The standard InChI is InChI=1S/C21H19NO4/c1-13-11-16(12-14(2)20(13)25-3)22-21(24)18-10-9-17(26-18)19(23)15-7-5-4-6-8-15/h4-12H,1-3H3,(H,22,24). The molecule has 26 heavy (non-hydrogen) atoms. The van der Waals surface area contributed by atoms with Crippen LogP contribution in [0.15, 0.2) is 59.0 Å². The molecule has 0 saturated carbocycles. The Balaban J connectivity index is 1.78. The Hall–Kier alpha value is -3.34. The number of carbonyl (C=O) groups is 2. The molecule has 1 aromatic heterocycles. The highest BCUT2D eigenvalue weighted by atomic mass is 16.5. The molecule has 0 bridgehead atoms. The number of aryl methyl sites for hydroxylation is 2. The fraction of sp³-hybridized carbons (Fsp3) is 0.143. The van der Waals surface area contributed by atoms with Gasteiger partial charge in [-0.2, -0.15) is 0 Å². The van der Waals surface area contributed by atoms with Crippen molar-refractivity contribution in [2.24, 2.45) is 0 Å². The molecule has 3 aromatic rings. The number of amides is 1. The Morgan fingerprint density at radius 2 is 1.54 bits per heavy atom. The van der Waals surface area contributed by atoms with Crippen LogP contribution in [0.25, 0.3) is 0 Å². The molecule has 1 N–H and O–H groups in total. The topological polar surface area (TPSA) is 68.5 Å². The van der Waals surface area contributed by atoms with Crippen LogP contribution in [0.3, 0.4) is 0 Å². The summed E-state index contributed by atoms with van der Waals surface area (Å²) in [4.78, 5) is 24.8. The molecule has 5 heteroatoms. The fourth-order valence-corrected chi connectivity index (χ4v) is 2.85. The van der Waals surface area contributed by atoms with E-state index in [1.807, 2.05) is 32.0 Å². The summed E-state index contributed by atoms with van der Waals surface area (Å²) in [6.45, 7) is 3.82. The average molecular weight is 349 g/mol. The smallest absolute Gasteiger partial charge is 0.291 e. The van der Waals surface area contributed by atoms with Gasteiger partial charge in [-0.05, 0) is 49.2 Å². The number of hydrogen-bond donors (Lipinski definition) is 1. The molecule has 0 aliphatic carbocycles. The lowest BCUT2D eigenvalue weighted by molar-refractivity contribution is 0.0979. The van der Waals surface area contributed by atoms with E-state index in [0.717, 1.165) is 16.9 Å². The number of ether oxygens (including phenoxy) is 1. The lowest BCUT2D eigenvalue weighted by Gasteiger charge is -2.11. The van der Waals surface area contributed by atoms with E-state index in [2.05, 4.69) is 5.32 Å². The average Bonchev–Trinajstić information content (AvgIpc) is 3.12. The molecule has 0 radical (unpaired) electrons. The van der Waals surface area contributed by atoms with Gasteiger partial charge in [0.2, 0.25) is 5.78 Å². The first-order chi connectivity index (χ1) is 12.5. The van der Waals surface area contributed by atoms with Gasteiger partial charge in [0.15, 0.2) is 11.5 Å². The van der Waals surface area contributed by atoms with E-state index < -0.39 is 5.91 Å². The maximum atomic E-state index is 12.4. The second kappa shape index (κ2) is 7.27. The van der Waals surface area contributed by atoms with Gasteiger partial charge in [-0.25, -0.2) is 0 Å². The number of rotatable bonds is 5. The van der Waals surface area contributed by atoms with Crippen molar-refractivity contribution in [3.8, 4) is 5.75 Å². The summed E-state index contributed by atoms with van der Waals surface area (Å²) in [5.41, 5.74) is 2.98. The third-order valence-corrected chi connectivity index (χ3v) is 4.01. The zero-order valence-electron chi connectivity index (χ0n) is 14.8. The molecular formula is C21H19NO4. The quantitative estimate of drug-likeness (QED) is 0.694. The summed E-state index contributed by atoms with van der Waals surface area (Å²) in [5.74, 6) is 0.317. The molecule has 0 spiro atoms. The number of ketones is 1. The lowest BCUT2D eigenvalue weighted by atomic mass is 10.1. The van der Waals surface area contributed by atoms with Crippen LogP contribution in [0, 0.1) is 13.8 Å². The minimum Gasteiger partial charge on any atom is -0.496 e. The van der Waals surface area contributed by atoms with E-state index in [-0.39, 0.29) is 17.3 Å². The maximum absolute atomic E-state index is 12.4. The normalized spacial score (nSPS) is 10.4. The van der Waals surface area contributed by atoms with Gasteiger partial charge in [0.1, 0.15) is 5.75 Å². The first-order valence-electron chi connectivity index (χ1n) is 8.15. The van der Waals surface area contributed by atoms with Crippen molar-refractivity contribution in [1.82, 2.24) is 0 Å². The highest BCUT2D eigenvalue weighted by Crippen LogP contribution is 2.27. The zero-order valence-corrected chi connectivity index (χ0v) is 14.8. The van der Waals surface area contributed by atoms with E-state index in [1.165, 1.54) is 12.1 Å². The van der Waals surface area contributed by atoms with E-state index in [1.54, 1.807) is 31.4 Å². The van der Waals surface area contributed by atoms with Crippen molar-refractivity contribution >= 4 is 17.4 Å². The van der Waals surface area contributed by atoms with Gasteiger partial charge in [-0.1, -0.05) is 30.3 Å². The third kappa shape index (κ3) is 3.52. The van der Waals surface area contributed by atoms with Crippen LogP contribution in [-0.4, -0.2) is 18.8 Å². The van der Waals surface area contributed by atoms with Gasteiger partial charge >= 0.3 is 0 Å². The predicted octanol–water partition coefficient (Wildman–Crippen LogP) is 4.39. The molecule has 132 valence electrons. The second-order valence-corrected chi connectivity index (χ2v) is 5.96. The number of furan rings is 1. The molecule has 2 aromatic carbocycles. The lowest BCUT2D eigenvalue weighted by Crippen LogP contribution is -2.11. The molecule has 0 fully saturated rings. The molecule has 0 unspecified atom stereocenters. The summed E-state index contributed by atoms with van der Waals surface area (Å²) in [5, 5.41) is 2.78. The number of carbonyl (C=O) groups excluding carboxylic acids is 2. The Bertz CT molecular complexity index is 934.